The molecular formula is C22H36N4O8. The molecule has 12 heteroatoms. The van der Waals surface area contributed by atoms with Crippen LogP contribution in [-0.2, 0) is 28.7 Å². The Bertz CT molecular complexity index is 742. The van der Waals surface area contributed by atoms with Crippen molar-refractivity contribution in [2.24, 2.45) is 5.92 Å². The number of rotatable bonds is 13. The van der Waals surface area contributed by atoms with Crippen LogP contribution in [-0.4, -0.2) is 91.3 Å². The zero-order valence-electron chi connectivity index (χ0n) is 20.0. The fraction of sp³-hybridized carbons (Fsp3) is 0.682. The van der Waals surface area contributed by atoms with Crippen molar-refractivity contribution in [1.29, 1.82) is 0 Å². The van der Waals surface area contributed by atoms with Gasteiger partial charge in [0.2, 0.25) is 11.8 Å². The average Bonchev–Trinajstić information content (AvgIpc) is 3.31. The number of nitrogens with zero attached hydrogens (tertiary/aromatic N) is 1. The van der Waals surface area contributed by atoms with Crippen molar-refractivity contribution in [2.45, 2.75) is 57.7 Å². The fourth-order valence-corrected chi connectivity index (χ4v) is 3.23. The number of aliphatic hydroxyl groups excluding tert-OH is 1. The van der Waals surface area contributed by atoms with Gasteiger partial charge in [-0.3, -0.25) is 19.2 Å². The van der Waals surface area contributed by atoms with Gasteiger partial charge in [0.15, 0.2) is 0 Å². The summed E-state index contributed by atoms with van der Waals surface area (Å²) < 4.78 is 9.50. The molecule has 1 rings (SSSR count). The Morgan fingerprint density at radius 1 is 1.21 bits per heavy atom. The molecule has 4 N–H and O–H groups in total. The van der Waals surface area contributed by atoms with Crippen LogP contribution in [0.3, 0.4) is 0 Å². The molecule has 0 aromatic rings. The van der Waals surface area contributed by atoms with Crippen molar-refractivity contribution in [3.63, 3.8) is 0 Å². The first kappa shape index (κ1) is 28.9. The van der Waals surface area contributed by atoms with Crippen LogP contribution in [0.4, 0.5) is 4.79 Å². The number of amides is 4. The molecule has 1 aliphatic rings. The number of allylic oxidation sites excluding steroid dienone is 1. The van der Waals surface area contributed by atoms with E-state index in [1.807, 2.05) is 13.8 Å². The summed E-state index contributed by atoms with van der Waals surface area (Å²) in [5.74, 6) is -2.35. The van der Waals surface area contributed by atoms with Gasteiger partial charge in [-0.1, -0.05) is 19.9 Å². The number of ether oxygens (including phenoxy) is 2. The molecule has 0 radical (unpaired) electrons. The lowest BCUT2D eigenvalue weighted by Gasteiger charge is -2.28. The maximum Gasteiger partial charge on any atom is 0.407 e. The predicted molar refractivity (Wildman–Crippen MR) is 121 cm³/mol. The van der Waals surface area contributed by atoms with E-state index in [0.717, 1.165) is 7.11 Å². The van der Waals surface area contributed by atoms with Gasteiger partial charge in [0.1, 0.15) is 24.7 Å². The lowest BCUT2D eigenvalue weighted by atomic mass is 10.1. The molecule has 1 fully saturated rings. The number of nitrogens with one attached hydrogen (secondary N) is 3. The summed E-state index contributed by atoms with van der Waals surface area (Å²) in [5, 5.41) is 17.1. The minimum atomic E-state index is -1.59. The molecule has 3 atom stereocenters. The molecule has 12 nitrogen and oxygen atoms in total. The highest BCUT2D eigenvalue weighted by molar-refractivity contribution is 5.92. The highest BCUT2D eigenvalue weighted by atomic mass is 16.5. The van der Waals surface area contributed by atoms with Gasteiger partial charge in [0.05, 0.1) is 20.3 Å². The molecule has 1 saturated heterocycles. The molecule has 192 valence electrons. The van der Waals surface area contributed by atoms with E-state index < -0.39 is 61.1 Å². The molecular weight excluding hydrogens is 448 g/mol. The highest BCUT2D eigenvalue weighted by Gasteiger charge is 2.37. The first-order valence-electron chi connectivity index (χ1n) is 11.3. The number of methoxy groups -OCH3 is 1. The Hall–Kier alpha value is -3.15. The number of hydrogen-bond acceptors (Lipinski definition) is 8. The van der Waals surface area contributed by atoms with Crippen LogP contribution in [0.25, 0.3) is 0 Å². The number of esters is 1. The summed E-state index contributed by atoms with van der Waals surface area (Å²) in [4.78, 5) is 62.2. The minimum Gasteiger partial charge on any atom is -0.468 e. The summed E-state index contributed by atoms with van der Waals surface area (Å²) in [6.45, 7) is 7.14. The lowest BCUT2D eigenvalue weighted by Crippen LogP contribution is -2.54. The van der Waals surface area contributed by atoms with Crippen molar-refractivity contribution in [2.75, 3.05) is 33.4 Å². The molecule has 1 aliphatic heterocycles. The second-order valence-electron chi connectivity index (χ2n) is 8.30. The highest BCUT2D eigenvalue weighted by Crippen LogP contribution is 2.20. The Labute approximate surface area is 199 Å². The van der Waals surface area contributed by atoms with Crippen LogP contribution in [0.2, 0.25) is 0 Å². The third-order valence-corrected chi connectivity index (χ3v) is 5.04. The minimum absolute atomic E-state index is 0.137. The summed E-state index contributed by atoms with van der Waals surface area (Å²) in [7, 11) is 1.16. The van der Waals surface area contributed by atoms with Crippen molar-refractivity contribution in [1.82, 2.24) is 20.9 Å². The Morgan fingerprint density at radius 2 is 1.91 bits per heavy atom. The third kappa shape index (κ3) is 9.77. The predicted octanol–water partition coefficient (Wildman–Crippen LogP) is -0.539. The van der Waals surface area contributed by atoms with E-state index in [0.29, 0.717) is 32.2 Å². The van der Waals surface area contributed by atoms with Crippen LogP contribution in [0.1, 0.15) is 39.5 Å². The van der Waals surface area contributed by atoms with Gasteiger partial charge >= 0.3 is 12.1 Å². The van der Waals surface area contributed by atoms with Crippen molar-refractivity contribution >= 4 is 29.8 Å². The molecule has 0 bridgehead atoms. The van der Waals surface area contributed by atoms with E-state index in [9.17, 15) is 29.1 Å². The van der Waals surface area contributed by atoms with Crippen LogP contribution >= 0.6 is 0 Å². The maximum absolute atomic E-state index is 13.1. The Balaban J connectivity index is 2.70. The van der Waals surface area contributed by atoms with Gasteiger partial charge in [-0.15, -0.1) is 6.58 Å². The first-order chi connectivity index (χ1) is 16.1. The number of aliphatic hydroxyl groups is 1. The first-order valence-corrected chi connectivity index (χ1v) is 11.3. The molecule has 34 heavy (non-hydrogen) atoms. The van der Waals surface area contributed by atoms with E-state index in [-0.39, 0.29) is 12.5 Å². The average molecular weight is 485 g/mol. The number of hydrogen-bond donors (Lipinski definition) is 4. The summed E-state index contributed by atoms with van der Waals surface area (Å²) >= 11 is 0. The number of likely N-dealkylation sites (tertiary alicyclic amines) is 1. The topological polar surface area (TPSA) is 163 Å². The normalized spacial score (nSPS) is 16.9. The summed E-state index contributed by atoms with van der Waals surface area (Å²) in [5.41, 5.74) is 0. The lowest BCUT2D eigenvalue weighted by molar-refractivity contribution is -0.142. The summed E-state index contributed by atoms with van der Waals surface area (Å²) in [6, 6.07) is -1.70. The van der Waals surface area contributed by atoms with Crippen molar-refractivity contribution < 1.29 is 38.6 Å². The second-order valence-corrected chi connectivity index (χ2v) is 8.30. The number of alkyl carbamates (subject to hydrolysis) is 1. The molecule has 0 aromatic carbocycles. The van der Waals surface area contributed by atoms with E-state index in [1.54, 1.807) is 6.08 Å². The molecule has 0 aromatic heterocycles. The zero-order valence-corrected chi connectivity index (χ0v) is 20.0. The molecule has 0 saturated carbocycles. The quantitative estimate of drug-likeness (QED) is 0.200. The SMILES string of the molecule is C=CCC[C@H](NC(=O)OCC(C)C)C(=O)N1CCCC1C(=O)NCC(O)C(=O)NCC(=O)OC. The largest absolute Gasteiger partial charge is 0.468 e. The molecule has 4 amide bonds. The van der Waals surface area contributed by atoms with E-state index in [1.165, 1.54) is 4.90 Å². The van der Waals surface area contributed by atoms with Crippen LogP contribution in [0.15, 0.2) is 12.7 Å². The van der Waals surface area contributed by atoms with Gasteiger partial charge in [-0.05, 0) is 31.6 Å². The second kappa shape index (κ2) is 14.9. The zero-order chi connectivity index (χ0) is 25.7. The standard InChI is InChI=1S/C22H36N4O8/c1-5-6-8-15(25-22(32)34-13-14(2)3)21(31)26-10-7-9-16(26)19(29)23-11-17(27)20(30)24-12-18(28)33-4/h5,14-17,27H,1,6-13H2,2-4H3,(H,23,29)(H,24,30)(H,25,32)/t15-,16?,17?/m0/s1. The number of carbonyl (C=O) groups is 5. The van der Waals surface area contributed by atoms with Gasteiger partial charge < -0.3 is 35.4 Å². The van der Waals surface area contributed by atoms with Gasteiger partial charge in [-0.25, -0.2) is 4.79 Å². The van der Waals surface area contributed by atoms with E-state index >= 15 is 0 Å². The molecule has 1 heterocycles. The van der Waals surface area contributed by atoms with E-state index in [2.05, 4.69) is 27.3 Å². The molecule has 2 unspecified atom stereocenters. The number of carbonyl (C=O) groups excluding carboxylic acids is 5. The summed E-state index contributed by atoms with van der Waals surface area (Å²) in [6.07, 6.45) is 1.07. The monoisotopic (exact) mass is 484 g/mol. The van der Waals surface area contributed by atoms with Crippen LogP contribution in [0.5, 0.6) is 0 Å². The Kier molecular flexibility index (Phi) is 12.6. The van der Waals surface area contributed by atoms with Crippen LogP contribution in [0, 0.1) is 5.92 Å². The fourth-order valence-electron chi connectivity index (χ4n) is 3.23. The van der Waals surface area contributed by atoms with E-state index in [4.69, 9.17) is 4.74 Å². The van der Waals surface area contributed by atoms with Gasteiger partial charge in [-0.2, -0.15) is 0 Å². The molecule has 0 spiro atoms. The Morgan fingerprint density at radius 3 is 2.53 bits per heavy atom. The van der Waals surface area contributed by atoms with Gasteiger partial charge in [0, 0.05) is 6.54 Å². The third-order valence-electron chi connectivity index (χ3n) is 5.04. The van der Waals surface area contributed by atoms with Crippen molar-refractivity contribution in [3.05, 3.63) is 12.7 Å². The maximum atomic E-state index is 13.1. The smallest absolute Gasteiger partial charge is 0.407 e. The van der Waals surface area contributed by atoms with Crippen LogP contribution < -0.4 is 16.0 Å². The molecule has 0 aliphatic carbocycles. The van der Waals surface area contributed by atoms with Gasteiger partial charge in [0.25, 0.3) is 5.91 Å². The van der Waals surface area contributed by atoms with Crippen molar-refractivity contribution in [3.8, 4) is 0 Å².